The highest BCUT2D eigenvalue weighted by molar-refractivity contribution is 5.84. The summed E-state index contributed by atoms with van der Waals surface area (Å²) in [4.78, 5) is 14.3. The van der Waals surface area contributed by atoms with E-state index in [9.17, 15) is 4.79 Å². The van der Waals surface area contributed by atoms with Crippen LogP contribution in [0.2, 0.25) is 0 Å². The smallest absolute Gasteiger partial charge is 0.237 e. The normalized spacial score (nSPS) is 35.7. The molecule has 1 aliphatic heterocycles. The zero-order valence-corrected chi connectivity index (χ0v) is 12.2. The van der Waals surface area contributed by atoms with Crippen molar-refractivity contribution in [3.05, 3.63) is 0 Å². The van der Waals surface area contributed by atoms with Crippen molar-refractivity contribution in [2.24, 2.45) is 5.73 Å². The van der Waals surface area contributed by atoms with Crippen molar-refractivity contribution in [3.8, 4) is 0 Å². The lowest BCUT2D eigenvalue weighted by molar-refractivity contribution is -0.126. The summed E-state index contributed by atoms with van der Waals surface area (Å²) in [6.07, 6.45) is 4.98. The van der Waals surface area contributed by atoms with Gasteiger partial charge in [0.1, 0.15) is 0 Å². The molecule has 2 rings (SSSR count). The van der Waals surface area contributed by atoms with Gasteiger partial charge in [0.2, 0.25) is 5.91 Å². The second-order valence-corrected chi connectivity index (χ2v) is 5.91. The predicted molar refractivity (Wildman–Crippen MR) is 74.8 cm³/mol. The Bertz CT molecular complexity index is 314. The average Bonchev–Trinajstić information content (AvgIpc) is 2.92. The summed E-state index contributed by atoms with van der Waals surface area (Å²) in [7, 11) is 2.16. The third-order valence-electron chi connectivity index (χ3n) is 4.77. The highest BCUT2D eigenvalue weighted by Gasteiger charge is 2.42. The Balaban J connectivity index is 2.04. The summed E-state index contributed by atoms with van der Waals surface area (Å²) in [6, 6.07) is 0.919. The molecule has 5 nitrogen and oxygen atoms in total. The number of carbonyl (C=O) groups is 1. The molecule has 0 aromatic carbocycles. The van der Waals surface area contributed by atoms with Gasteiger partial charge in [0.05, 0.1) is 12.1 Å². The predicted octanol–water partition coefficient (Wildman–Crippen LogP) is 0.483. The number of amides is 1. The van der Waals surface area contributed by atoms with Gasteiger partial charge in [-0.3, -0.25) is 9.69 Å². The van der Waals surface area contributed by atoms with Gasteiger partial charge in [-0.25, -0.2) is 0 Å². The monoisotopic (exact) mass is 269 g/mol. The van der Waals surface area contributed by atoms with Crippen molar-refractivity contribution in [1.82, 2.24) is 10.2 Å². The molecular weight excluding hydrogens is 242 g/mol. The minimum atomic E-state index is -0.509. The quantitative estimate of drug-likeness (QED) is 0.762. The van der Waals surface area contributed by atoms with Crippen LogP contribution in [0.15, 0.2) is 0 Å². The van der Waals surface area contributed by atoms with E-state index in [0.29, 0.717) is 12.1 Å². The molecule has 19 heavy (non-hydrogen) atoms. The topological polar surface area (TPSA) is 67.6 Å². The van der Waals surface area contributed by atoms with Gasteiger partial charge in [0.25, 0.3) is 0 Å². The number of carbonyl (C=O) groups excluding carboxylic acids is 1. The number of nitrogens with zero attached hydrogens (tertiary/aromatic N) is 1. The molecule has 1 heterocycles. The fourth-order valence-corrected chi connectivity index (χ4v) is 3.54. The molecular formula is C14H27N3O2. The first kappa shape index (κ1) is 14.8. The van der Waals surface area contributed by atoms with Gasteiger partial charge < -0.3 is 15.8 Å². The highest BCUT2D eigenvalue weighted by atomic mass is 16.5. The molecule has 3 unspecified atom stereocenters. The zero-order chi connectivity index (χ0) is 13.9. The van der Waals surface area contributed by atoms with E-state index in [0.717, 1.165) is 51.9 Å². The average molecular weight is 269 g/mol. The van der Waals surface area contributed by atoms with Crippen LogP contribution in [0.1, 0.15) is 39.0 Å². The largest absolute Gasteiger partial charge is 0.380 e. The van der Waals surface area contributed by atoms with Gasteiger partial charge in [0.15, 0.2) is 0 Å². The molecule has 0 radical (unpaired) electrons. The molecule has 5 heteroatoms. The molecule has 1 saturated carbocycles. The van der Waals surface area contributed by atoms with Gasteiger partial charge in [-0.1, -0.05) is 6.92 Å². The fourth-order valence-electron chi connectivity index (χ4n) is 3.54. The molecule has 0 bridgehead atoms. The molecule has 1 aliphatic carbocycles. The molecule has 3 atom stereocenters. The van der Waals surface area contributed by atoms with Gasteiger partial charge in [-0.2, -0.15) is 0 Å². The lowest BCUT2D eigenvalue weighted by Gasteiger charge is -2.43. The number of likely N-dealkylation sites (N-methyl/N-ethyl adjacent to an activating group) is 2. The minimum absolute atomic E-state index is 0.199. The van der Waals surface area contributed by atoms with E-state index in [-0.39, 0.29) is 5.91 Å². The van der Waals surface area contributed by atoms with Crippen molar-refractivity contribution in [3.63, 3.8) is 0 Å². The Hall–Kier alpha value is -0.650. The Labute approximate surface area is 115 Å². The number of rotatable bonds is 5. The Morgan fingerprint density at radius 3 is 2.84 bits per heavy atom. The zero-order valence-electron chi connectivity index (χ0n) is 12.2. The van der Waals surface area contributed by atoms with E-state index < -0.39 is 5.54 Å². The Kier molecular flexibility index (Phi) is 4.81. The van der Waals surface area contributed by atoms with Crippen molar-refractivity contribution in [1.29, 1.82) is 0 Å². The molecule has 110 valence electrons. The lowest BCUT2D eigenvalue weighted by atomic mass is 9.77. The fraction of sp³-hybridized carbons (Fsp3) is 0.929. The molecule has 0 spiro atoms. The Morgan fingerprint density at radius 2 is 2.26 bits per heavy atom. The summed E-state index contributed by atoms with van der Waals surface area (Å²) in [6.45, 7) is 4.49. The van der Waals surface area contributed by atoms with Crippen molar-refractivity contribution >= 4 is 5.91 Å². The SMILES string of the molecule is CCNC1(C(N)=O)CCCC(N(C)C2CCOC2)C1. The number of nitrogens with one attached hydrogen (secondary N) is 1. The van der Waals surface area contributed by atoms with Crippen LogP contribution in [0, 0.1) is 0 Å². The van der Waals surface area contributed by atoms with Gasteiger partial charge >= 0.3 is 0 Å². The molecule has 0 aromatic rings. The van der Waals surface area contributed by atoms with Crippen LogP contribution in [0.5, 0.6) is 0 Å². The van der Waals surface area contributed by atoms with Crippen LogP contribution in [0.4, 0.5) is 0 Å². The molecule has 1 amide bonds. The van der Waals surface area contributed by atoms with E-state index in [4.69, 9.17) is 10.5 Å². The van der Waals surface area contributed by atoms with Gasteiger partial charge in [0, 0.05) is 18.7 Å². The number of primary amides is 1. The van der Waals surface area contributed by atoms with Crippen LogP contribution < -0.4 is 11.1 Å². The Morgan fingerprint density at radius 1 is 1.47 bits per heavy atom. The summed E-state index contributed by atoms with van der Waals surface area (Å²) < 4.78 is 5.47. The van der Waals surface area contributed by atoms with Gasteiger partial charge in [-0.15, -0.1) is 0 Å². The number of nitrogens with two attached hydrogens (primary N) is 1. The van der Waals surface area contributed by atoms with Crippen molar-refractivity contribution < 1.29 is 9.53 Å². The highest BCUT2D eigenvalue weighted by Crippen LogP contribution is 2.32. The maximum Gasteiger partial charge on any atom is 0.237 e. The number of hydrogen-bond acceptors (Lipinski definition) is 4. The number of hydrogen-bond donors (Lipinski definition) is 2. The summed E-state index contributed by atoms with van der Waals surface area (Å²) in [5.74, 6) is -0.199. The van der Waals surface area contributed by atoms with E-state index in [1.807, 2.05) is 6.92 Å². The maximum absolute atomic E-state index is 11.9. The van der Waals surface area contributed by atoms with Crippen LogP contribution >= 0.6 is 0 Å². The standard InChI is InChI=1S/C14H27N3O2/c1-3-16-14(13(15)18)7-4-5-11(9-14)17(2)12-6-8-19-10-12/h11-12,16H,3-10H2,1-2H3,(H2,15,18). The lowest BCUT2D eigenvalue weighted by Crippen LogP contribution is -2.61. The summed E-state index contributed by atoms with van der Waals surface area (Å²) >= 11 is 0. The first-order valence-corrected chi connectivity index (χ1v) is 7.43. The molecule has 2 fully saturated rings. The van der Waals surface area contributed by atoms with Gasteiger partial charge in [-0.05, 0) is 45.7 Å². The maximum atomic E-state index is 11.9. The van der Waals surface area contributed by atoms with Crippen LogP contribution in [0.25, 0.3) is 0 Å². The van der Waals surface area contributed by atoms with E-state index in [1.165, 1.54) is 0 Å². The molecule has 1 saturated heterocycles. The minimum Gasteiger partial charge on any atom is -0.380 e. The third kappa shape index (κ3) is 3.09. The molecule has 3 N–H and O–H groups in total. The van der Waals surface area contributed by atoms with Crippen molar-refractivity contribution in [2.75, 3.05) is 26.8 Å². The molecule has 0 aromatic heterocycles. The second-order valence-electron chi connectivity index (χ2n) is 5.91. The van der Waals surface area contributed by atoms with E-state index in [2.05, 4.69) is 17.3 Å². The first-order chi connectivity index (χ1) is 9.09. The summed E-state index contributed by atoms with van der Waals surface area (Å²) in [5, 5.41) is 3.34. The first-order valence-electron chi connectivity index (χ1n) is 7.43. The van der Waals surface area contributed by atoms with Crippen molar-refractivity contribution in [2.45, 2.75) is 56.7 Å². The van der Waals surface area contributed by atoms with E-state index >= 15 is 0 Å². The van der Waals surface area contributed by atoms with E-state index in [1.54, 1.807) is 0 Å². The van der Waals surface area contributed by atoms with Crippen LogP contribution in [-0.2, 0) is 9.53 Å². The van der Waals surface area contributed by atoms with Crippen LogP contribution in [-0.4, -0.2) is 55.2 Å². The second kappa shape index (κ2) is 6.20. The van der Waals surface area contributed by atoms with Crippen LogP contribution in [0.3, 0.4) is 0 Å². The molecule has 2 aliphatic rings. The summed E-state index contributed by atoms with van der Waals surface area (Å²) in [5.41, 5.74) is 5.15. The third-order valence-corrected chi connectivity index (χ3v) is 4.77. The number of ether oxygens (including phenoxy) is 1.